The van der Waals surface area contributed by atoms with Crippen LogP contribution in [0.25, 0.3) is 22.3 Å². The van der Waals surface area contributed by atoms with Crippen LogP contribution in [0.4, 0.5) is 0 Å². The molecule has 6 N–H and O–H groups in total. The van der Waals surface area contributed by atoms with Gasteiger partial charge in [0.2, 0.25) is 12.0 Å². The van der Waals surface area contributed by atoms with Crippen molar-refractivity contribution < 1.29 is 58.8 Å². The van der Waals surface area contributed by atoms with Crippen LogP contribution >= 0.6 is 0 Å². The zero-order valence-corrected chi connectivity index (χ0v) is 21.0. The molecule has 13 nitrogen and oxygen atoms in total. The van der Waals surface area contributed by atoms with Crippen LogP contribution in [0.2, 0.25) is 0 Å². The van der Waals surface area contributed by atoms with Gasteiger partial charge in [0.1, 0.15) is 40.8 Å². The molecule has 5 atom stereocenters. The topological polar surface area (TPSA) is 206 Å². The molecule has 1 aliphatic carbocycles. The van der Waals surface area contributed by atoms with E-state index in [1.165, 1.54) is 6.07 Å². The van der Waals surface area contributed by atoms with Crippen molar-refractivity contribution in [3.05, 3.63) is 46.6 Å². The standard InChI is InChI=1S/C27H28O13/c28-11-36-24-18(39-27-23(33)21(31)22(32)25(40-27)26(34)35)10-17-19(20(24)30)15(29)9-16(38-17)12-5-7-14(8-6-12)37-13-3-1-2-4-13/h5-10,13,21-23,25,27-28,30-33H,1-4,11H2,(H,34,35)/t21-,22+,23-,25+,27+/m1/s1. The van der Waals surface area contributed by atoms with Gasteiger partial charge in [0.25, 0.3) is 0 Å². The predicted molar refractivity (Wildman–Crippen MR) is 135 cm³/mol. The number of ether oxygens (including phenoxy) is 4. The molecule has 0 amide bonds. The first-order valence-electron chi connectivity index (χ1n) is 12.6. The van der Waals surface area contributed by atoms with E-state index in [-0.39, 0.29) is 22.8 Å². The number of carbonyl (C=O) groups is 1. The predicted octanol–water partition coefficient (Wildman–Crippen LogP) is 1.09. The Hall–Kier alpha value is -3.88. The number of hydrogen-bond acceptors (Lipinski definition) is 12. The van der Waals surface area contributed by atoms with Gasteiger partial charge >= 0.3 is 5.97 Å². The van der Waals surface area contributed by atoms with Gasteiger partial charge in [-0.05, 0) is 49.9 Å². The molecule has 13 heteroatoms. The minimum atomic E-state index is -1.96. The van der Waals surface area contributed by atoms with E-state index in [2.05, 4.69) is 0 Å². The minimum Gasteiger partial charge on any atom is -0.504 e. The number of rotatable bonds is 8. The number of aliphatic carboxylic acids is 1. The minimum absolute atomic E-state index is 0.143. The summed E-state index contributed by atoms with van der Waals surface area (Å²) in [4.78, 5) is 24.4. The monoisotopic (exact) mass is 560 g/mol. The SMILES string of the molecule is O=C(O)[C@H]1O[C@H](Oc2cc3oc(-c4ccc(OC5CCCC5)cc4)cc(=O)c3c(O)c2OCO)[C@H](O)[C@H](O)[C@@H]1O. The number of hydrogen-bond donors (Lipinski definition) is 6. The van der Waals surface area contributed by atoms with Crippen LogP contribution in [-0.4, -0.2) is 80.2 Å². The summed E-state index contributed by atoms with van der Waals surface area (Å²) in [5, 5.41) is 59.5. The van der Waals surface area contributed by atoms with Crippen molar-refractivity contribution in [3.63, 3.8) is 0 Å². The Morgan fingerprint density at radius 2 is 1.68 bits per heavy atom. The first kappa shape index (κ1) is 27.7. The van der Waals surface area contributed by atoms with Crippen LogP contribution in [0, 0.1) is 0 Å². The van der Waals surface area contributed by atoms with E-state index in [1.54, 1.807) is 24.3 Å². The highest BCUT2D eigenvalue weighted by Crippen LogP contribution is 2.43. The van der Waals surface area contributed by atoms with Crippen LogP contribution in [0.15, 0.2) is 45.6 Å². The van der Waals surface area contributed by atoms with E-state index >= 15 is 0 Å². The smallest absolute Gasteiger partial charge is 0.335 e. The average molecular weight is 561 g/mol. The quantitative estimate of drug-likeness (QED) is 0.214. The normalized spacial score (nSPS) is 25.1. The van der Waals surface area contributed by atoms with Gasteiger partial charge in [-0.3, -0.25) is 4.79 Å². The van der Waals surface area contributed by atoms with Crippen molar-refractivity contribution in [3.8, 4) is 34.3 Å². The maximum Gasteiger partial charge on any atom is 0.335 e. The van der Waals surface area contributed by atoms with Crippen LogP contribution in [-0.2, 0) is 9.53 Å². The Bertz CT molecular complexity index is 1430. The van der Waals surface area contributed by atoms with E-state index < -0.39 is 66.1 Å². The highest BCUT2D eigenvalue weighted by Gasteiger charge is 2.48. The number of carboxylic acid groups (broad SMARTS) is 1. The molecule has 2 fully saturated rings. The first-order valence-corrected chi connectivity index (χ1v) is 12.6. The van der Waals surface area contributed by atoms with Crippen LogP contribution in [0.1, 0.15) is 25.7 Å². The van der Waals surface area contributed by atoms with Gasteiger partial charge in [0, 0.05) is 17.7 Å². The number of phenols is 1. The van der Waals surface area contributed by atoms with Crippen molar-refractivity contribution in [1.29, 1.82) is 0 Å². The lowest BCUT2D eigenvalue weighted by molar-refractivity contribution is -0.271. The van der Waals surface area contributed by atoms with Gasteiger partial charge in [0.05, 0.1) is 6.10 Å². The average Bonchev–Trinajstić information content (AvgIpc) is 3.44. The number of aliphatic hydroxyl groups excluding tert-OH is 4. The molecule has 0 radical (unpaired) electrons. The molecule has 5 rings (SSSR count). The van der Waals surface area contributed by atoms with Gasteiger partial charge < -0.3 is 54.0 Å². The third kappa shape index (κ3) is 5.29. The summed E-state index contributed by atoms with van der Waals surface area (Å²) in [6.45, 7) is -0.957. The highest BCUT2D eigenvalue weighted by atomic mass is 16.7. The van der Waals surface area contributed by atoms with Gasteiger partial charge in [-0.15, -0.1) is 0 Å². The number of aromatic hydroxyl groups is 1. The van der Waals surface area contributed by atoms with Crippen molar-refractivity contribution in [2.45, 2.75) is 62.5 Å². The molecule has 2 heterocycles. The zero-order chi connectivity index (χ0) is 28.6. The molecule has 1 saturated carbocycles. The molecule has 0 bridgehead atoms. The third-order valence-electron chi connectivity index (χ3n) is 6.92. The van der Waals surface area contributed by atoms with Crippen molar-refractivity contribution in [2.24, 2.45) is 0 Å². The molecule has 1 saturated heterocycles. The lowest BCUT2D eigenvalue weighted by Crippen LogP contribution is -2.61. The molecule has 1 aliphatic heterocycles. The maximum atomic E-state index is 13.0. The largest absolute Gasteiger partial charge is 0.504 e. The molecule has 40 heavy (non-hydrogen) atoms. The fourth-order valence-corrected chi connectivity index (χ4v) is 4.87. The number of fused-ring (bicyclic) bond motifs is 1. The molecule has 0 unspecified atom stereocenters. The van der Waals surface area contributed by atoms with Gasteiger partial charge in [-0.2, -0.15) is 0 Å². The molecular weight excluding hydrogens is 532 g/mol. The summed E-state index contributed by atoms with van der Waals surface area (Å²) in [6.07, 6.45) is -5.23. The fraction of sp³-hybridized carbons (Fsp3) is 0.407. The molecular formula is C27H28O13. The maximum absolute atomic E-state index is 13.0. The lowest BCUT2D eigenvalue weighted by atomic mass is 9.99. The molecule has 1 aromatic heterocycles. The molecule has 214 valence electrons. The Morgan fingerprint density at radius 3 is 2.33 bits per heavy atom. The number of phenolic OH excluding ortho intramolecular Hbond substituents is 1. The van der Waals surface area contributed by atoms with Crippen LogP contribution in [0.5, 0.6) is 23.0 Å². The van der Waals surface area contributed by atoms with Crippen molar-refractivity contribution in [1.82, 2.24) is 0 Å². The van der Waals surface area contributed by atoms with Crippen molar-refractivity contribution >= 4 is 16.9 Å². The van der Waals surface area contributed by atoms with Crippen molar-refractivity contribution in [2.75, 3.05) is 6.79 Å². The zero-order valence-electron chi connectivity index (χ0n) is 21.0. The van der Waals surface area contributed by atoms with Crippen LogP contribution in [0.3, 0.4) is 0 Å². The van der Waals surface area contributed by atoms with Gasteiger partial charge in [-0.1, -0.05) is 0 Å². The van der Waals surface area contributed by atoms with Gasteiger partial charge in [0.15, 0.2) is 29.8 Å². The first-order chi connectivity index (χ1) is 19.2. The number of aliphatic hydroxyl groups is 4. The highest BCUT2D eigenvalue weighted by molar-refractivity contribution is 5.89. The molecule has 2 aromatic carbocycles. The number of carboxylic acids is 1. The van der Waals surface area contributed by atoms with E-state index in [9.17, 15) is 40.2 Å². The molecule has 3 aromatic rings. The molecule has 2 aliphatic rings. The Balaban J connectivity index is 1.50. The Morgan fingerprint density at radius 1 is 0.975 bits per heavy atom. The molecule has 0 spiro atoms. The Labute approximate surface area is 226 Å². The van der Waals surface area contributed by atoms with E-state index in [1.807, 2.05) is 0 Å². The summed E-state index contributed by atoms with van der Waals surface area (Å²) in [7, 11) is 0. The second-order valence-electron chi connectivity index (χ2n) is 9.58. The summed E-state index contributed by atoms with van der Waals surface area (Å²) in [6, 6.07) is 9.21. The Kier molecular flexibility index (Phi) is 7.83. The van der Waals surface area contributed by atoms with Crippen LogP contribution < -0.4 is 19.6 Å². The van der Waals surface area contributed by atoms with E-state index in [4.69, 9.17) is 23.4 Å². The second-order valence-corrected chi connectivity index (χ2v) is 9.58. The van der Waals surface area contributed by atoms with Gasteiger partial charge in [-0.25, -0.2) is 4.79 Å². The lowest BCUT2D eigenvalue weighted by Gasteiger charge is -2.38. The third-order valence-corrected chi connectivity index (χ3v) is 6.92. The van der Waals surface area contributed by atoms with E-state index in [0.717, 1.165) is 31.7 Å². The van der Waals surface area contributed by atoms with E-state index in [0.29, 0.717) is 11.3 Å². The fourth-order valence-electron chi connectivity index (χ4n) is 4.87. The summed E-state index contributed by atoms with van der Waals surface area (Å²) in [5.41, 5.74) is -0.289. The second kappa shape index (κ2) is 11.3. The summed E-state index contributed by atoms with van der Waals surface area (Å²) >= 11 is 0. The summed E-state index contributed by atoms with van der Waals surface area (Å²) < 4.78 is 27.5. The number of benzene rings is 2. The summed E-state index contributed by atoms with van der Waals surface area (Å²) in [5.74, 6) is -2.53.